The van der Waals surface area contributed by atoms with Crippen molar-refractivity contribution in [2.24, 2.45) is 5.92 Å². The molecule has 2 heterocycles. The lowest BCUT2D eigenvalue weighted by Crippen LogP contribution is -2.37. The smallest absolute Gasteiger partial charge is 0.387 e. The fraction of sp³-hybridized carbons (Fsp3) is 0.409. The molecule has 162 valence electrons. The quantitative estimate of drug-likeness (QED) is 0.592. The van der Waals surface area contributed by atoms with Gasteiger partial charge in [-0.2, -0.15) is 8.78 Å². The van der Waals surface area contributed by atoms with E-state index in [0.29, 0.717) is 18.0 Å². The van der Waals surface area contributed by atoms with Gasteiger partial charge in [-0.05, 0) is 55.4 Å². The van der Waals surface area contributed by atoms with Crippen molar-refractivity contribution in [3.63, 3.8) is 0 Å². The van der Waals surface area contributed by atoms with Gasteiger partial charge in [0.2, 0.25) is 5.91 Å². The first-order valence-electron chi connectivity index (χ1n) is 9.87. The molecule has 1 aliphatic heterocycles. The monoisotopic (exact) mass is 436 g/mol. The second kappa shape index (κ2) is 11.1. The standard InChI is InChI=1S/C22H26F2N2O3S/c1-28-19-6-2-4-17(21(19)29-22(23)24)7-8-20(27)25-14-16-9-11-26(12-10-16)15-18-5-3-13-30-18/h2-8,13,16,22H,9-12,14-15H2,1H3,(H,25,27)/b8-7+. The number of likely N-dealkylation sites (tertiary alicyclic amines) is 1. The van der Waals surface area contributed by atoms with E-state index in [1.165, 1.54) is 30.2 Å². The molecule has 1 amide bonds. The second-order valence-corrected chi connectivity index (χ2v) is 8.17. The van der Waals surface area contributed by atoms with Gasteiger partial charge in [0, 0.05) is 29.6 Å². The van der Waals surface area contributed by atoms with E-state index in [1.807, 2.05) is 0 Å². The van der Waals surface area contributed by atoms with Gasteiger partial charge in [-0.15, -0.1) is 11.3 Å². The average Bonchev–Trinajstić information content (AvgIpc) is 3.25. The van der Waals surface area contributed by atoms with E-state index < -0.39 is 6.61 Å². The van der Waals surface area contributed by atoms with Gasteiger partial charge in [0.25, 0.3) is 0 Å². The molecule has 3 rings (SSSR count). The van der Waals surface area contributed by atoms with Crippen LogP contribution in [0.5, 0.6) is 11.5 Å². The van der Waals surface area contributed by atoms with Crippen LogP contribution >= 0.6 is 11.3 Å². The molecule has 2 aromatic rings. The van der Waals surface area contributed by atoms with Crippen LogP contribution in [0.2, 0.25) is 0 Å². The second-order valence-electron chi connectivity index (χ2n) is 7.13. The number of para-hydroxylation sites is 1. The predicted octanol–water partition coefficient (Wildman–Crippen LogP) is 4.40. The Kier molecular flexibility index (Phi) is 8.21. The van der Waals surface area contributed by atoms with Crippen LogP contribution in [0.3, 0.4) is 0 Å². The highest BCUT2D eigenvalue weighted by Gasteiger charge is 2.20. The molecule has 0 unspecified atom stereocenters. The molecule has 0 atom stereocenters. The van der Waals surface area contributed by atoms with E-state index in [9.17, 15) is 13.6 Å². The summed E-state index contributed by atoms with van der Waals surface area (Å²) in [5.41, 5.74) is 0.353. The van der Waals surface area contributed by atoms with Gasteiger partial charge < -0.3 is 14.8 Å². The van der Waals surface area contributed by atoms with Crippen LogP contribution in [-0.2, 0) is 11.3 Å². The summed E-state index contributed by atoms with van der Waals surface area (Å²) in [6, 6.07) is 9.00. The zero-order valence-corrected chi connectivity index (χ0v) is 17.7. The molecular weight excluding hydrogens is 410 g/mol. The lowest BCUT2D eigenvalue weighted by Gasteiger charge is -2.31. The summed E-state index contributed by atoms with van der Waals surface area (Å²) < 4.78 is 35.0. The lowest BCUT2D eigenvalue weighted by molar-refractivity contribution is -0.116. The first kappa shape index (κ1) is 22.2. The lowest BCUT2D eigenvalue weighted by atomic mass is 9.96. The average molecular weight is 437 g/mol. The van der Waals surface area contributed by atoms with Gasteiger partial charge >= 0.3 is 6.61 Å². The van der Waals surface area contributed by atoms with E-state index in [1.54, 1.807) is 23.5 Å². The molecule has 0 saturated carbocycles. The van der Waals surface area contributed by atoms with Gasteiger partial charge in [0.1, 0.15) is 0 Å². The summed E-state index contributed by atoms with van der Waals surface area (Å²) in [5.74, 6) is 0.280. The molecular formula is C22H26F2N2O3S. The van der Waals surface area contributed by atoms with Crippen LogP contribution in [0.4, 0.5) is 8.78 Å². The third-order valence-corrected chi connectivity index (χ3v) is 5.94. The number of methoxy groups -OCH3 is 1. The number of benzene rings is 1. The number of alkyl halides is 2. The third-order valence-electron chi connectivity index (χ3n) is 5.08. The maximum absolute atomic E-state index is 12.7. The van der Waals surface area contributed by atoms with Crippen molar-refractivity contribution in [3.05, 3.63) is 52.2 Å². The van der Waals surface area contributed by atoms with E-state index in [0.717, 1.165) is 32.5 Å². The Labute approximate surface area is 179 Å². The Morgan fingerprint density at radius 2 is 2.10 bits per heavy atom. The van der Waals surface area contributed by atoms with Gasteiger partial charge in [-0.25, -0.2) is 0 Å². The molecule has 1 N–H and O–H groups in total. The Hall–Kier alpha value is -2.45. The minimum absolute atomic E-state index is 0.0860. The summed E-state index contributed by atoms with van der Waals surface area (Å²) in [6.45, 7) is 0.657. The molecule has 1 aliphatic rings. The summed E-state index contributed by atoms with van der Waals surface area (Å²) in [6.07, 6.45) is 4.87. The number of carbonyl (C=O) groups excluding carboxylic acids is 1. The van der Waals surface area contributed by atoms with E-state index in [2.05, 4.69) is 32.5 Å². The van der Waals surface area contributed by atoms with Gasteiger partial charge in [0.15, 0.2) is 11.5 Å². The molecule has 8 heteroatoms. The zero-order chi connectivity index (χ0) is 21.3. The van der Waals surface area contributed by atoms with Crippen molar-refractivity contribution in [3.8, 4) is 11.5 Å². The fourth-order valence-electron chi connectivity index (χ4n) is 3.48. The highest BCUT2D eigenvalue weighted by molar-refractivity contribution is 7.09. The molecule has 5 nitrogen and oxygen atoms in total. The summed E-state index contributed by atoms with van der Waals surface area (Å²) >= 11 is 1.78. The number of hydrogen-bond donors (Lipinski definition) is 1. The van der Waals surface area contributed by atoms with Crippen molar-refractivity contribution in [2.45, 2.75) is 26.0 Å². The van der Waals surface area contributed by atoms with Crippen molar-refractivity contribution in [1.29, 1.82) is 0 Å². The predicted molar refractivity (Wildman–Crippen MR) is 114 cm³/mol. The first-order valence-corrected chi connectivity index (χ1v) is 10.8. The molecule has 1 aromatic heterocycles. The third kappa shape index (κ3) is 6.53. The number of piperidine rings is 1. The van der Waals surface area contributed by atoms with Crippen molar-refractivity contribution in [1.82, 2.24) is 10.2 Å². The molecule has 0 radical (unpaired) electrons. The number of hydrogen-bond acceptors (Lipinski definition) is 5. The number of nitrogens with zero attached hydrogens (tertiary/aromatic N) is 1. The molecule has 30 heavy (non-hydrogen) atoms. The van der Waals surface area contributed by atoms with Crippen LogP contribution in [-0.4, -0.2) is 44.2 Å². The highest BCUT2D eigenvalue weighted by Crippen LogP contribution is 2.33. The van der Waals surface area contributed by atoms with Gasteiger partial charge in [-0.1, -0.05) is 18.2 Å². The van der Waals surface area contributed by atoms with Crippen molar-refractivity contribution in [2.75, 3.05) is 26.7 Å². The number of ether oxygens (including phenoxy) is 2. The van der Waals surface area contributed by atoms with Crippen LogP contribution in [0.25, 0.3) is 6.08 Å². The van der Waals surface area contributed by atoms with Crippen molar-refractivity contribution >= 4 is 23.3 Å². The number of thiophene rings is 1. The van der Waals surface area contributed by atoms with Crippen LogP contribution in [0.15, 0.2) is 41.8 Å². The summed E-state index contributed by atoms with van der Waals surface area (Å²) in [4.78, 5) is 16.0. The Morgan fingerprint density at radius 1 is 1.30 bits per heavy atom. The van der Waals surface area contributed by atoms with Crippen molar-refractivity contribution < 1.29 is 23.0 Å². The van der Waals surface area contributed by atoms with Gasteiger partial charge in [-0.3, -0.25) is 9.69 Å². The minimum atomic E-state index is -2.98. The van der Waals surface area contributed by atoms with Crippen LogP contribution in [0.1, 0.15) is 23.3 Å². The first-order chi connectivity index (χ1) is 14.5. The maximum atomic E-state index is 12.7. The zero-order valence-electron chi connectivity index (χ0n) is 16.9. The SMILES string of the molecule is COc1cccc(/C=C/C(=O)NCC2CCN(Cc3cccs3)CC2)c1OC(F)F. The number of amides is 1. The molecule has 0 aliphatic carbocycles. The molecule has 0 spiro atoms. The Bertz CT molecular complexity index is 835. The minimum Gasteiger partial charge on any atom is -0.493 e. The number of nitrogens with one attached hydrogen (secondary N) is 1. The van der Waals surface area contributed by atoms with E-state index in [4.69, 9.17) is 4.74 Å². The number of carbonyl (C=O) groups is 1. The van der Waals surface area contributed by atoms with Crippen LogP contribution < -0.4 is 14.8 Å². The number of halogens is 2. The van der Waals surface area contributed by atoms with Crippen LogP contribution in [0, 0.1) is 5.92 Å². The Morgan fingerprint density at radius 3 is 2.77 bits per heavy atom. The number of rotatable bonds is 9. The maximum Gasteiger partial charge on any atom is 0.387 e. The topological polar surface area (TPSA) is 50.8 Å². The van der Waals surface area contributed by atoms with E-state index >= 15 is 0 Å². The largest absolute Gasteiger partial charge is 0.493 e. The normalized spacial score (nSPS) is 15.6. The molecule has 1 fully saturated rings. The van der Waals surface area contributed by atoms with Gasteiger partial charge in [0.05, 0.1) is 7.11 Å². The summed E-state index contributed by atoms with van der Waals surface area (Å²) in [5, 5.41) is 5.01. The highest BCUT2D eigenvalue weighted by atomic mass is 32.1. The Balaban J connectivity index is 1.46. The molecule has 1 saturated heterocycles. The van der Waals surface area contributed by atoms with E-state index in [-0.39, 0.29) is 17.4 Å². The molecule has 1 aromatic carbocycles. The molecule has 0 bridgehead atoms. The fourth-order valence-corrected chi connectivity index (χ4v) is 4.23. The summed E-state index contributed by atoms with van der Waals surface area (Å²) in [7, 11) is 1.37.